The predicted molar refractivity (Wildman–Crippen MR) is 131 cm³/mol. The number of nitrogens with zero attached hydrogens (tertiary/aromatic N) is 2. The van der Waals surface area contributed by atoms with Crippen molar-refractivity contribution in [2.45, 2.75) is 20.4 Å². The van der Waals surface area contributed by atoms with Crippen LogP contribution in [0.2, 0.25) is 5.02 Å². The number of aryl methyl sites for hydroxylation is 1. The topological polar surface area (TPSA) is 93.1 Å². The molecule has 3 aromatic carbocycles. The Morgan fingerprint density at radius 1 is 0.970 bits per heavy atom. The first kappa shape index (κ1) is 22.2. The average molecular weight is 461 g/mol. The minimum Gasteiger partial charge on any atom is -0.326 e. The van der Waals surface area contributed by atoms with E-state index in [1.165, 1.54) is 11.5 Å². The molecule has 0 aliphatic carbocycles. The highest BCUT2D eigenvalue weighted by molar-refractivity contribution is 6.30. The lowest BCUT2D eigenvalue weighted by atomic mass is 10.1. The summed E-state index contributed by atoms with van der Waals surface area (Å²) >= 11 is 6.00. The molecular formula is C25H21ClN4O3. The fourth-order valence-corrected chi connectivity index (χ4v) is 3.84. The van der Waals surface area contributed by atoms with Gasteiger partial charge in [-0.1, -0.05) is 41.9 Å². The van der Waals surface area contributed by atoms with Gasteiger partial charge in [0.15, 0.2) is 0 Å². The summed E-state index contributed by atoms with van der Waals surface area (Å²) < 4.78 is 1.39. The van der Waals surface area contributed by atoms with Crippen molar-refractivity contribution in [2.24, 2.45) is 0 Å². The number of hydrogen-bond acceptors (Lipinski definition) is 4. The number of rotatable bonds is 5. The lowest BCUT2D eigenvalue weighted by Gasteiger charge is -2.15. The largest absolute Gasteiger partial charge is 0.326 e. The standard InChI is InChI=1S/C25H21ClN4O3/c1-15-13-17(26)11-12-19(15)28-23(32)14-30-22-10-6-5-9-21(22)29-24(25(30)33)18-7-3-4-8-20(18)27-16(2)31/h3-13H,14H2,1-2H3,(H,27,31)(H,28,32). The van der Waals surface area contributed by atoms with Crippen LogP contribution in [0.4, 0.5) is 11.4 Å². The number of carbonyl (C=O) groups excluding carboxylic acids is 2. The summed E-state index contributed by atoms with van der Waals surface area (Å²) in [6, 6.07) is 19.2. The quantitative estimate of drug-likeness (QED) is 0.454. The summed E-state index contributed by atoms with van der Waals surface area (Å²) in [7, 11) is 0. The molecule has 0 fully saturated rings. The maximum absolute atomic E-state index is 13.5. The van der Waals surface area contributed by atoms with Crippen molar-refractivity contribution in [3.63, 3.8) is 0 Å². The zero-order chi connectivity index (χ0) is 23.5. The number of nitrogens with one attached hydrogen (secondary N) is 2. The molecule has 0 radical (unpaired) electrons. The molecule has 0 saturated heterocycles. The Balaban J connectivity index is 1.79. The Labute approximate surface area is 195 Å². The van der Waals surface area contributed by atoms with Crippen LogP contribution in [0.15, 0.2) is 71.5 Å². The minimum atomic E-state index is -0.436. The Kier molecular flexibility index (Phi) is 6.24. The smallest absolute Gasteiger partial charge is 0.278 e. The molecule has 0 unspecified atom stereocenters. The first-order valence-corrected chi connectivity index (χ1v) is 10.6. The van der Waals surface area contributed by atoms with Gasteiger partial charge >= 0.3 is 0 Å². The maximum atomic E-state index is 13.5. The Hall–Kier alpha value is -3.97. The van der Waals surface area contributed by atoms with Crippen molar-refractivity contribution >= 4 is 45.8 Å². The summed E-state index contributed by atoms with van der Waals surface area (Å²) in [6.07, 6.45) is 0. The molecule has 4 aromatic rings. The molecule has 1 aromatic heterocycles. The summed E-state index contributed by atoms with van der Waals surface area (Å²) in [5, 5.41) is 6.15. The van der Waals surface area contributed by atoms with Crippen LogP contribution in [-0.4, -0.2) is 21.4 Å². The third-order valence-electron chi connectivity index (χ3n) is 5.11. The van der Waals surface area contributed by atoms with E-state index in [0.717, 1.165) is 5.56 Å². The molecule has 33 heavy (non-hydrogen) atoms. The van der Waals surface area contributed by atoms with Gasteiger partial charge in [0.25, 0.3) is 5.56 Å². The van der Waals surface area contributed by atoms with Gasteiger partial charge in [0.2, 0.25) is 11.8 Å². The Bertz CT molecular complexity index is 1450. The van der Waals surface area contributed by atoms with Crippen LogP contribution in [0.5, 0.6) is 0 Å². The molecule has 2 N–H and O–H groups in total. The number of carbonyl (C=O) groups is 2. The van der Waals surface area contributed by atoms with Gasteiger partial charge in [-0.25, -0.2) is 4.98 Å². The molecule has 0 bridgehead atoms. The fraction of sp³-hybridized carbons (Fsp3) is 0.120. The highest BCUT2D eigenvalue weighted by Gasteiger charge is 2.18. The Morgan fingerprint density at radius 2 is 1.70 bits per heavy atom. The molecule has 0 atom stereocenters. The zero-order valence-corrected chi connectivity index (χ0v) is 18.8. The van der Waals surface area contributed by atoms with E-state index in [9.17, 15) is 14.4 Å². The van der Waals surface area contributed by atoms with Gasteiger partial charge in [-0.3, -0.25) is 19.0 Å². The lowest BCUT2D eigenvalue weighted by molar-refractivity contribution is -0.117. The van der Waals surface area contributed by atoms with Gasteiger partial charge in [0.1, 0.15) is 12.2 Å². The number of anilines is 2. The number of benzene rings is 3. The van der Waals surface area contributed by atoms with Crippen molar-refractivity contribution in [1.29, 1.82) is 0 Å². The molecular weight excluding hydrogens is 440 g/mol. The first-order chi connectivity index (χ1) is 15.8. The van der Waals surface area contributed by atoms with E-state index in [0.29, 0.717) is 33.0 Å². The van der Waals surface area contributed by atoms with Crippen LogP contribution >= 0.6 is 11.6 Å². The molecule has 2 amide bonds. The van der Waals surface area contributed by atoms with E-state index in [2.05, 4.69) is 15.6 Å². The second-order valence-corrected chi connectivity index (χ2v) is 8.01. The monoisotopic (exact) mass is 460 g/mol. The molecule has 0 aliphatic rings. The minimum absolute atomic E-state index is 0.147. The van der Waals surface area contributed by atoms with Crippen molar-refractivity contribution in [2.75, 3.05) is 10.6 Å². The molecule has 7 nitrogen and oxygen atoms in total. The second-order valence-electron chi connectivity index (χ2n) is 7.57. The van der Waals surface area contributed by atoms with E-state index in [1.54, 1.807) is 60.7 Å². The zero-order valence-electron chi connectivity index (χ0n) is 18.1. The fourth-order valence-electron chi connectivity index (χ4n) is 3.61. The Morgan fingerprint density at radius 3 is 2.45 bits per heavy atom. The van der Waals surface area contributed by atoms with Gasteiger partial charge in [-0.2, -0.15) is 0 Å². The van der Waals surface area contributed by atoms with E-state index in [4.69, 9.17) is 11.6 Å². The van der Waals surface area contributed by atoms with Gasteiger partial charge < -0.3 is 10.6 Å². The van der Waals surface area contributed by atoms with Crippen LogP contribution in [0.3, 0.4) is 0 Å². The van der Waals surface area contributed by atoms with Gasteiger partial charge in [-0.15, -0.1) is 0 Å². The number of hydrogen-bond donors (Lipinski definition) is 2. The van der Waals surface area contributed by atoms with E-state index in [1.807, 2.05) is 13.0 Å². The number of aromatic nitrogens is 2. The molecule has 4 rings (SSSR count). The van der Waals surface area contributed by atoms with E-state index >= 15 is 0 Å². The average Bonchev–Trinajstić information content (AvgIpc) is 2.77. The van der Waals surface area contributed by atoms with Gasteiger partial charge in [0.05, 0.1) is 16.7 Å². The third kappa shape index (κ3) is 4.78. The predicted octanol–water partition coefficient (Wildman–Crippen LogP) is 4.62. The van der Waals surface area contributed by atoms with Crippen LogP contribution < -0.4 is 16.2 Å². The second kappa shape index (κ2) is 9.26. The number of halogens is 1. The van der Waals surface area contributed by atoms with Gasteiger partial charge in [0, 0.05) is 23.2 Å². The maximum Gasteiger partial charge on any atom is 0.278 e. The van der Waals surface area contributed by atoms with Gasteiger partial charge in [-0.05, 0) is 48.9 Å². The molecule has 1 heterocycles. The molecule has 166 valence electrons. The van der Waals surface area contributed by atoms with Crippen LogP contribution in [0, 0.1) is 6.92 Å². The first-order valence-electron chi connectivity index (χ1n) is 10.3. The summed E-state index contributed by atoms with van der Waals surface area (Å²) in [5.74, 6) is -0.624. The van der Waals surface area contributed by atoms with Crippen molar-refractivity contribution in [3.8, 4) is 11.3 Å². The number of fused-ring (bicyclic) bond motifs is 1. The summed E-state index contributed by atoms with van der Waals surface area (Å²) in [6.45, 7) is 3.03. The molecule has 0 aliphatic heterocycles. The lowest BCUT2D eigenvalue weighted by Crippen LogP contribution is -2.30. The van der Waals surface area contributed by atoms with Crippen molar-refractivity contribution in [3.05, 3.63) is 87.7 Å². The highest BCUT2D eigenvalue weighted by Crippen LogP contribution is 2.26. The van der Waals surface area contributed by atoms with E-state index in [-0.39, 0.29) is 24.1 Å². The molecule has 0 spiro atoms. The molecule has 8 heteroatoms. The summed E-state index contributed by atoms with van der Waals surface area (Å²) in [4.78, 5) is 42.6. The van der Waals surface area contributed by atoms with Crippen LogP contribution in [0.25, 0.3) is 22.3 Å². The van der Waals surface area contributed by atoms with Crippen LogP contribution in [-0.2, 0) is 16.1 Å². The van der Waals surface area contributed by atoms with E-state index < -0.39 is 5.56 Å². The van der Waals surface area contributed by atoms with Crippen LogP contribution in [0.1, 0.15) is 12.5 Å². The third-order valence-corrected chi connectivity index (χ3v) is 5.34. The van der Waals surface area contributed by atoms with Crippen molar-refractivity contribution in [1.82, 2.24) is 9.55 Å². The SMILES string of the molecule is CC(=O)Nc1ccccc1-c1nc2ccccc2n(CC(=O)Nc2ccc(Cl)cc2C)c1=O. The number of para-hydroxylation sites is 3. The molecule has 0 saturated carbocycles. The highest BCUT2D eigenvalue weighted by atomic mass is 35.5. The normalized spacial score (nSPS) is 10.8. The summed E-state index contributed by atoms with van der Waals surface area (Å²) in [5.41, 5.74) is 3.18. The number of amides is 2. The van der Waals surface area contributed by atoms with Crippen molar-refractivity contribution < 1.29 is 9.59 Å².